The summed E-state index contributed by atoms with van der Waals surface area (Å²) < 4.78 is 32.4. The molecule has 0 aliphatic carbocycles. The molecule has 0 spiro atoms. The topological polar surface area (TPSA) is 190 Å². The molecule has 3 aromatic carbocycles. The third-order valence-corrected chi connectivity index (χ3v) is 12.8. The van der Waals surface area contributed by atoms with Crippen LogP contribution in [0.25, 0.3) is 0 Å². The molecule has 0 radical (unpaired) electrons. The third-order valence-electron chi connectivity index (χ3n) is 9.96. The smallest absolute Gasteiger partial charge is 0.807 e. The van der Waals surface area contributed by atoms with Crippen molar-refractivity contribution in [3.63, 3.8) is 0 Å². The molecule has 0 amide bonds. The Hall–Kier alpha value is -0.877. The van der Waals surface area contributed by atoms with Crippen LogP contribution in [0.3, 0.4) is 0 Å². The Labute approximate surface area is 377 Å². The van der Waals surface area contributed by atoms with Gasteiger partial charge in [-0.2, -0.15) is 0 Å². The maximum atomic E-state index is 10.8. The SMILES string of the molecule is CCCCCCCCCc1ccc(P(=O)([O-])[O-])cc1.CCCCCCCCCc1ccc(P(=O)([O-])[O-])cc1.CCCCCCCCCc1ccc(P(=O)([O-])[O-])cc1.[Co+3].[Co+3]. The summed E-state index contributed by atoms with van der Waals surface area (Å²) in [6, 6.07) is 19.0. The molecule has 0 N–H and O–H groups in total. The molecule has 0 heterocycles. The van der Waals surface area contributed by atoms with E-state index in [0.717, 1.165) is 55.2 Å². The van der Waals surface area contributed by atoms with Gasteiger partial charge in [0.2, 0.25) is 0 Å². The Bertz CT molecular complexity index is 1380. The Kier molecular flexibility index (Phi) is 36.3. The molecule has 0 atom stereocenters. The first-order chi connectivity index (χ1) is 27.1. The fourth-order valence-corrected chi connectivity index (χ4v) is 7.94. The van der Waals surface area contributed by atoms with Gasteiger partial charge in [-0.3, -0.25) is 0 Å². The number of hydrogen-bond donors (Lipinski definition) is 0. The summed E-state index contributed by atoms with van der Waals surface area (Å²) in [6.07, 6.45) is 29.4. The molecule has 0 aliphatic heterocycles. The monoisotopic (exact) mass is 964 g/mol. The van der Waals surface area contributed by atoms with Gasteiger partial charge in [0.05, 0.1) is 0 Å². The maximum absolute atomic E-state index is 10.8. The predicted octanol–water partition coefficient (Wildman–Crippen LogP) is 7.55. The van der Waals surface area contributed by atoms with Gasteiger partial charge in [-0.15, -0.1) is 0 Å². The first kappa shape index (κ1) is 60.2. The average Bonchev–Trinajstić information content (AvgIpc) is 3.17. The minimum atomic E-state index is -4.59. The fraction of sp³-hybridized carbons (Fsp3) is 0.600. The molecule has 14 heteroatoms. The average molecular weight is 965 g/mol. The van der Waals surface area contributed by atoms with Crippen molar-refractivity contribution >= 4 is 38.7 Å². The third kappa shape index (κ3) is 31.6. The largest absolute Gasteiger partial charge is 3.00 e. The zero-order valence-corrected chi connectivity index (χ0v) is 40.3. The summed E-state index contributed by atoms with van der Waals surface area (Å²) in [5, 5.41) is -0.345. The van der Waals surface area contributed by atoms with E-state index in [-0.39, 0.29) is 49.5 Å². The van der Waals surface area contributed by atoms with Crippen LogP contribution < -0.4 is 45.3 Å². The molecule has 0 aliphatic rings. The van der Waals surface area contributed by atoms with Gasteiger partial charge in [0.1, 0.15) is 0 Å². The molecule has 59 heavy (non-hydrogen) atoms. The van der Waals surface area contributed by atoms with Crippen LogP contribution in [0, 0.1) is 0 Å². The van der Waals surface area contributed by atoms with Gasteiger partial charge in [-0.25, -0.2) is 0 Å². The number of rotatable bonds is 27. The van der Waals surface area contributed by atoms with Crippen LogP contribution in [0.4, 0.5) is 0 Å². The molecular formula is C45H69Co2O9P3. The second-order valence-electron chi connectivity index (χ2n) is 15.1. The van der Waals surface area contributed by atoms with Gasteiger partial charge in [0.15, 0.2) is 0 Å². The second-order valence-corrected chi connectivity index (χ2v) is 19.6. The maximum Gasteiger partial charge on any atom is 3.00 e. The Balaban J connectivity index is 0. The molecule has 0 saturated heterocycles. The van der Waals surface area contributed by atoms with Gasteiger partial charge >= 0.3 is 33.6 Å². The van der Waals surface area contributed by atoms with Crippen molar-refractivity contribution < 1.29 is 76.6 Å². The molecule has 0 aromatic heterocycles. The van der Waals surface area contributed by atoms with Gasteiger partial charge in [-0.1, -0.05) is 209 Å². The predicted molar refractivity (Wildman–Crippen MR) is 226 cm³/mol. The number of hydrogen-bond acceptors (Lipinski definition) is 9. The normalized spacial score (nSPS) is 11.3. The summed E-state index contributed by atoms with van der Waals surface area (Å²) in [5.74, 6) is 0. The van der Waals surface area contributed by atoms with E-state index < -0.39 is 22.8 Å². The Morgan fingerprint density at radius 1 is 0.305 bits per heavy atom. The minimum Gasteiger partial charge on any atom is -0.807 e. The van der Waals surface area contributed by atoms with E-state index in [1.54, 1.807) is 36.4 Å². The molecule has 3 aromatic rings. The van der Waals surface area contributed by atoms with E-state index in [0.29, 0.717) is 0 Å². The van der Waals surface area contributed by atoms with E-state index in [1.165, 1.54) is 152 Å². The molecule has 0 fully saturated rings. The quantitative estimate of drug-likeness (QED) is 0.0549. The molecule has 0 unspecified atom stereocenters. The van der Waals surface area contributed by atoms with Crippen molar-refractivity contribution in [1.82, 2.24) is 0 Å². The Morgan fingerprint density at radius 2 is 0.475 bits per heavy atom. The molecule has 9 nitrogen and oxygen atoms in total. The van der Waals surface area contributed by atoms with Crippen LogP contribution in [0.2, 0.25) is 0 Å². The zero-order valence-electron chi connectivity index (χ0n) is 35.6. The minimum absolute atomic E-state index is 0. The van der Waals surface area contributed by atoms with E-state index in [2.05, 4.69) is 20.8 Å². The van der Waals surface area contributed by atoms with Crippen LogP contribution in [0.15, 0.2) is 72.8 Å². The fourth-order valence-electron chi connectivity index (χ4n) is 6.39. The van der Waals surface area contributed by atoms with Crippen molar-refractivity contribution in [2.24, 2.45) is 0 Å². The van der Waals surface area contributed by atoms with Crippen LogP contribution in [0.5, 0.6) is 0 Å². The van der Waals surface area contributed by atoms with Gasteiger partial charge < -0.3 is 43.1 Å². The van der Waals surface area contributed by atoms with E-state index in [4.69, 9.17) is 0 Å². The van der Waals surface area contributed by atoms with E-state index in [9.17, 15) is 43.1 Å². The van der Waals surface area contributed by atoms with Crippen molar-refractivity contribution in [3.05, 3.63) is 89.5 Å². The van der Waals surface area contributed by atoms with Crippen LogP contribution >= 0.6 is 22.8 Å². The van der Waals surface area contributed by atoms with Crippen LogP contribution in [-0.4, -0.2) is 0 Å². The summed E-state index contributed by atoms with van der Waals surface area (Å²) in [4.78, 5) is 64.8. The van der Waals surface area contributed by atoms with Crippen molar-refractivity contribution in [2.75, 3.05) is 0 Å². The first-order valence-corrected chi connectivity index (χ1v) is 26.1. The first-order valence-electron chi connectivity index (χ1n) is 21.5. The summed E-state index contributed by atoms with van der Waals surface area (Å²) in [5.41, 5.74) is 3.31. The van der Waals surface area contributed by atoms with Crippen molar-refractivity contribution in [3.8, 4) is 0 Å². The van der Waals surface area contributed by atoms with Crippen LogP contribution in [0.1, 0.15) is 172 Å². The summed E-state index contributed by atoms with van der Waals surface area (Å²) >= 11 is 0. The van der Waals surface area contributed by atoms with Crippen molar-refractivity contribution in [1.29, 1.82) is 0 Å². The molecule has 0 saturated carbocycles. The van der Waals surface area contributed by atoms with Gasteiger partial charge in [-0.05, 0) is 93.9 Å². The van der Waals surface area contributed by atoms with Crippen molar-refractivity contribution in [2.45, 2.75) is 175 Å². The molecule has 0 bridgehead atoms. The summed E-state index contributed by atoms with van der Waals surface area (Å²) in [7, 11) is -13.8. The van der Waals surface area contributed by atoms with Gasteiger partial charge in [0.25, 0.3) is 0 Å². The van der Waals surface area contributed by atoms with Crippen LogP contribution in [-0.2, 0) is 66.5 Å². The number of aryl methyl sites for hydroxylation is 3. The molecule has 336 valence electrons. The zero-order chi connectivity index (χ0) is 42.4. The standard InChI is InChI=1S/3C15H25O3P.2Co/c3*1-2-3-4-5-6-7-8-9-14-10-12-15(13-11-14)19(16,17)18;;/h3*10-13H,2-9H2,1H3,(H2,16,17,18);;/q;;;2*+3/p-6. The molecule has 3 rings (SSSR count). The number of unbranched alkanes of at least 4 members (excludes halogenated alkanes) is 18. The Morgan fingerprint density at radius 3 is 0.644 bits per heavy atom. The second kappa shape index (κ2) is 35.6. The number of benzene rings is 3. The van der Waals surface area contributed by atoms with E-state index >= 15 is 0 Å². The summed E-state index contributed by atoms with van der Waals surface area (Å²) in [6.45, 7) is 6.64. The van der Waals surface area contributed by atoms with Gasteiger partial charge in [0, 0.05) is 0 Å². The molecular weight excluding hydrogens is 895 g/mol. The van der Waals surface area contributed by atoms with E-state index in [1.807, 2.05) is 0 Å².